The number of β-lactam (4-membered cyclic amide) rings is 1. The van der Waals surface area contributed by atoms with Gasteiger partial charge < -0.3 is 30.5 Å². The van der Waals surface area contributed by atoms with Crippen LogP contribution >= 0.6 is 23.1 Å². The van der Waals surface area contributed by atoms with E-state index in [1.165, 1.54) is 19.2 Å². The fourth-order valence-corrected chi connectivity index (χ4v) is 5.46. The molecule has 0 bridgehead atoms. The molecule has 0 spiro atoms. The Morgan fingerprint density at radius 2 is 1.98 bits per heavy atom. The van der Waals surface area contributed by atoms with Crippen LogP contribution in [0.5, 0.6) is 0 Å². The van der Waals surface area contributed by atoms with E-state index in [2.05, 4.69) is 15.5 Å². The molecule has 1 saturated heterocycles. The molecular formula is C24H29N5O10S2. The number of aromatic nitrogens is 1. The number of carbonyl (C=O) groups excluding carboxylic acids is 5. The van der Waals surface area contributed by atoms with E-state index < -0.39 is 71.7 Å². The van der Waals surface area contributed by atoms with Crippen LogP contribution in [0, 0.1) is 0 Å². The second-order valence-electron chi connectivity index (χ2n) is 9.95. The van der Waals surface area contributed by atoms with Gasteiger partial charge in [0.1, 0.15) is 47.2 Å². The Kier molecular flexibility index (Phi) is 9.75. The zero-order valence-corrected chi connectivity index (χ0v) is 24.4. The lowest BCUT2D eigenvalue weighted by atomic mass is 10.0. The second kappa shape index (κ2) is 12.7. The van der Waals surface area contributed by atoms with Crippen LogP contribution in [-0.4, -0.2) is 91.7 Å². The van der Waals surface area contributed by atoms with E-state index in [1.54, 1.807) is 20.8 Å². The van der Waals surface area contributed by atoms with Crippen molar-refractivity contribution in [3.63, 3.8) is 0 Å². The number of nitrogen functional groups attached to an aromatic ring is 1. The molecule has 1 aromatic rings. The molecule has 222 valence electrons. The summed E-state index contributed by atoms with van der Waals surface area (Å²) in [5.41, 5.74) is 4.37. The zero-order chi connectivity index (χ0) is 30.6. The molecular weight excluding hydrogens is 582 g/mol. The van der Waals surface area contributed by atoms with E-state index in [9.17, 15) is 33.9 Å². The molecule has 0 aliphatic carbocycles. The van der Waals surface area contributed by atoms with E-state index in [0.717, 1.165) is 28.0 Å². The highest BCUT2D eigenvalue weighted by atomic mass is 32.2. The smallest absolute Gasteiger partial charge is 0.352 e. The summed E-state index contributed by atoms with van der Waals surface area (Å²) < 4.78 is 10.2. The Bertz CT molecular complexity index is 1330. The number of hydrogen-bond donors (Lipinski definition) is 3. The maximum Gasteiger partial charge on any atom is 0.352 e. The molecule has 1 aromatic heterocycles. The molecule has 0 aromatic carbocycles. The molecule has 1 unspecified atom stereocenters. The number of thioether (sulfide) groups is 1. The van der Waals surface area contributed by atoms with Crippen LogP contribution in [0.15, 0.2) is 21.8 Å². The lowest BCUT2D eigenvalue weighted by Gasteiger charge is -2.49. The number of nitrogens with one attached hydrogen (secondary N) is 1. The van der Waals surface area contributed by atoms with Gasteiger partial charge in [-0.1, -0.05) is 5.16 Å². The number of ketones is 1. The Balaban J connectivity index is 1.76. The molecule has 4 N–H and O–H groups in total. The van der Waals surface area contributed by atoms with Gasteiger partial charge in [-0.05, 0) is 34.6 Å². The maximum atomic E-state index is 13.2. The van der Waals surface area contributed by atoms with Crippen LogP contribution < -0.4 is 11.1 Å². The summed E-state index contributed by atoms with van der Waals surface area (Å²) in [5.74, 6) is -4.90. The van der Waals surface area contributed by atoms with E-state index in [4.69, 9.17) is 20.0 Å². The molecule has 17 heteroatoms. The number of hydrogen-bond acceptors (Lipinski definition) is 14. The third kappa shape index (κ3) is 7.81. The predicted octanol–water partition coefficient (Wildman–Crippen LogP) is 0.437. The summed E-state index contributed by atoms with van der Waals surface area (Å²) in [5, 5.41) is 16.9. The summed E-state index contributed by atoms with van der Waals surface area (Å²) >= 11 is 2.17. The van der Waals surface area contributed by atoms with Crippen molar-refractivity contribution in [2.24, 2.45) is 5.16 Å². The molecule has 0 saturated carbocycles. The largest absolute Gasteiger partial charge is 0.477 e. The van der Waals surface area contributed by atoms with Gasteiger partial charge in [0.05, 0.1) is 0 Å². The molecule has 3 rings (SSSR count). The topological polar surface area (TPSA) is 217 Å². The highest BCUT2D eigenvalue weighted by molar-refractivity contribution is 8.00. The van der Waals surface area contributed by atoms with Crippen LogP contribution in [-0.2, 0) is 43.1 Å². The van der Waals surface area contributed by atoms with E-state index in [0.29, 0.717) is 0 Å². The van der Waals surface area contributed by atoms with Crippen LogP contribution in [0.4, 0.5) is 5.13 Å². The average molecular weight is 612 g/mol. The fraction of sp³-hybridized carbons (Fsp3) is 0.500. The highest BCUT2D eigenvalue weighted by Crippen LogP contribution is 2.40. The van der Waals surface area contributed by atoms with Gasteiger partial charge in [-0.2, -0.15) is 0 Å². The van der Waals surface area contributed by atoms with Crippen LogP contribution in [0.25, 0.3) is 0 Å². The first-order valence-electron chi connectivity index (χ1n) is 12.1. The van der Waals surface area contributed by atoms with E-state index >= 15 is 0 Å². The van der Waals surface area contributed by atoms with Gasteiger partial charge in [-0.3, -0.25) is 24.1 Å². The number of nitrogens with two attached hydrogens (primary N) is 1. The quantitative estimate of drug-likeness (QED) is 0.102. The Morgan fingerprint density at radius 1 is 1.29 bits per heavy atom. The lowest BCUT2D eigenvalue weighted by molar-refractivity contribution is -0.167. The molecule has 1 fully saturated rings. The minimum Gasteiger partial charge on any atom is -0.477 e. The molecule has 2 aliphatic rings. The third-order valence-electron chi connectivity index (χ3n) is 5.36. The Hall–Kier alpha value is -3.99. The number of ether oxygens (including phenoxy) is 2. The van der Waals surface area contributed by atoms with Gasteiger partial charge in [0.2, 0.25) is 6.10 Å². The number of carboxylic acids is 1. The number of anilines is 1. The molecule has 3 atom stereocenters. The molecule has 2 amide bonds. The molecule has 3 heterocycles. The second-order valence-corrected chi connectivity index (χ2v) is 11.9. The number of aliphatic carboxylic acids is 1. The summed E-state index contributed by atoms with van der Waals surface area (Å²) in [6, 6.07) is -1.13. The average Bonchev–Trinajstić information content (AvgIpc) is 3.29. The Labute approximate surface area is 242 Å². The molecule has 41 heavy (non-hydrogen) atoms. The highest BCUT2D eigenvalue weighted by Gasteiger charge is 2.54. The third-order valence-corrected chi connectivity index (χ3v) is 7.37. The number of carboxylic acid groups (broad SMARTS) is 1. The molecule has 0 radical (unpaired) electrons. The number of carbonyl (C=O) groups is 6. The fourth-order valence-electron chi connectivity index (χ4n) is 3.59. The van der Waals surface area contributed by atoms with Gasteiger partial charge in [0.15, 0.2) is 10.8 Å². The van der Waals surface area contributed by atoms with Crippen molar-refractivity contribution in [3.8, 4) is 0 Å². The van der Waals surface area contributed by atoms with Gasteiger partial charge in [-0.25, -0.2) is 14.6 Å². The first kappa shape index (κ1) is 31.5. The van der Waals surface area contributed by atoms with Crippen molar-refractivity contribution in [2.75, 3.05) is 18.1 Å². The number of nitrogens with zero attached hydrogens (tertiary/aromatic N) is 3. The van der Waals surface area contributed by atoms with Gasteiger partial charge in [-0.15, -0.1) is 23.1 Å². The monoisotopic (exact) mass is 611 g/mol. The summed E-state index contributed by atoms with van der Waals surface area (Å²) in [6.07, 6.45) is -1.65. The maximum absolute atomic E-state index is 13.2. The van der Waals surface area contributed by atoms with Crippen molar-refractivity contribution in [1.29, 1.82) is 0 Å². The van der Waals surface area contributed by atoms with Crippen LogP contribution in [0.1, 0.15) is 46.7 Å². The minimum absolute atomic E-state index is 0.0297. The number of amides is 2. The van der Waals surface area contributed by atoms with E-state index in [1.807, 2.05) is 0 Å². The summed E-state index contributed by atoms with van der Waals surface area (Å²) in [6.45, 7) is 7.21. The number of esters is 2. The van der Waals surface area contributed by atoms with E-state index in [-0.39, 0.29) is 33.6 Å². The predicted molar refractivity (Wildman–Crippen MR) is 145 cm³/mol. The number of oxime groups is 1. The van der Waals surface area contributed by atoms with Crippen LogP contribution in [0.3, 0.4) is 0 Å². The normalized spacial score (nSPS) is 19.5. The van der Waals surface area contributed by atoms with Crippen molar-refractivity contribution in [2.45, 2.75) is 64.2 Å². The summed E-state index contributed by atoms with van der Waals surface area (Å²) in [4.78, 5) is 83.6. The van der Waals surface area contributed by atoms with Gasteiger partial charge in [0.25, 0.3) is 11.8 Å². The van der Waals surface area contributed by atoms with Crippen molar-refractivity contribution in [1.82, 2.24) is 15.2 Å². The van der Waals surface area contributed by atoms with Crippen molar-refractivity contribution >= 4 is 69.4 Å². The number of thiazole rings is 1. The number of fused-ring (bicyclic) bond motifs is 1. The number of rotatable bonds is 11. The SMILES string of the molecule is CC(=O)CC(=O)OCC1=C(C(=O)O)N2C(=O)[C@@H](NC(=O)/C(=N\OC(C)C(=O)OC(C)(C)C)c3csc(N)n3)[C@@H]2SC1. The molecule has 2 aliphatic heterocycles. The van der Waals surface area contributed by atoms with Crippen molar-refractivity contribution < 1.29 is 48.2 Å². The lowest BCUT2D eigenvalue weighted by Crippen LogP contribution is -2.71. The first-order valence-corrected chi connectivity index (χ1v) is 14.1. The van der Waals surface area contributed by atoms with Gasteiger partial charge >= 0.3 is 17.9 Å². The first-order chi connectivity index (χ1) is 19.1. The number of Topliss-reactive ketones (excluding diaryl/α,β-unsaturated/α-hetero) is 1. The minimum atomic E-state index is -1.42. The van der Waals surface area contributed by atoms with Crippen LogP contribution in [0.2, 0.25) is 0 Å². The van der Waals surface area contributed by atoms with Crippen molar-refractivity contribution in [3.05, 3.63) is 22.3 Å². The summed E-state index contributed by atoms with van der Waals surface area (Å²) in [7, 11) is 0. The standard InChI is InChI=1S/C24H29N5O10S2/c1-10(30)6-14(31)37-7-12-8-40-20-16(19(33)29(20)17(12)21(34)35)27-18(32)15(13-9-41-23(25)26-13)28-39-11(2)22(36)38-24(3,4)5/h9,11,16,20H,6-8H2,1-5H3,(H2,25,26)(H,27,32)(H,34,35)/b28-15-/t11?,16-,20+/m1/s1. The Morgan fingerprint density at radius 3 is 2.54 bits per heavy atom. The van der Waals surface area contributed by atoms with Gasteiger partial charge in [0, 0.05) is 16.7 Å². The zero-order valence-electron chi connectivity index (χ0n) is 22.8. The molecule has 15 nitrogen and oxygen atoms in total.